The van der Waals surface area contributed by atoms with Gasteiger partial charge in [0, 0.05) is 36.7 Å². The Balaban J connectivity index is 1.57. The average molecular weight is 408 g/mol. The molecule has 6 nitrogen and oxygen atoms in total. The maximum absolute atomic E-state index is 12.6. The van der Waals surface area contributed by atoms with Crippen LogP contribution in [-0.2, 0) is 17.8 Å². The molecule has 0 fully saturated rings. The van der Waals surface area contributed by atoms with Crippen LogP contribution in [0.4, 0.5) is 0 Å². The number of nitrogens with zero attached hydrogens (tertiary/aromatic N) is 4. The Kier molecular flexibility index (Phi) is 6.75. The highest BCUT2D eigenvalue weighted by Gasteiger charge is 2.15. The van der Waals surface area contributed by atoms with Gasteiger partial charge >= 0.3 is 0 Å². The lowest BCUT2D eigenvalue weighted by Crippen LogP contribution is -2.26. The van der Waals surface area contributed by atoms with E-state index in [9.17, 15) is 4.79 Å². The molecule has 0 aliphatic rings. The smallest absolute Gasteiger partial charge is 0.220 e. The van der Waals surface area contributed by atoms with E-state index in [2.05, 4.69) is 65.1 Å². The topological polar surface area (TPSA) is 64.7 Å². The molecular formula is C24H33N5O. The molecule has 2 heterocycles. The molecular weight excluding hydrogens is 374 g/mol. The summed E-state index contributed by atoms with van der Waals surface area (Å²) >= 11 is 0. The summed E-state index contributed by atoms with van der Waals surface area (Å²) in [5.74, 6) is 1.56. The van der Waals surface area contributed by atoms with Crippen LogP contribution in [0.2, 0.25) is 0 Å². The lowest BCUT2D eigenvalue weighted by atomic mass is 10.1. The second kappa shape index (κ2) is 9.28. The first-order chi connectivity index (χ1) is 14.3. The highest BCUT2D eigenvalue weighted by molar-refractivity contribution is 5.76. The van der Waals surface area contributed by atoms with E-state index in [0.717, 1.165) is 29.3 Å². The second-order valence-electron chi connectivity index (χ2n) is 8.45. The van der Waals surface area contributed by atoms with Crippen molar-refractivity contribution in [3.8, 4) is 5.69 Å². The first-order valence-electron chi connectivity index (χ1n) is 10.7. The van der Waals surface area contributed by atoms with Crippen LogP contribution in [0.1, 0.15) is 61.6 Å². The van der Waals surface area contributed by atoms with Crippen LogP contribution in [0.15, 0.2) is 36.7 Å². The van der Waals surface area contributed by atoms with Gasteiger partial charge in [0.1, 0.15) is 5.82 Å². The minimum atomic E-state index is -0.0405. The van der Waals surface area contributed by atoms with E-state index in [-0.39, 0.29) is 11.9 Å². The Morgan fingerprint density at radius 3 is 2.40 bits per heavy atom. The number of nitrogens with one attached hydrogen (secondary N) is 1. The Morgan fingerprint density at radius 2 is 1.80 bits per heavy atom. The van der Waals surface area contributed by atoms with Gasteiger partial charge in [-0.2, -0.15) is 5.10 Å². The standard InChI is InChI=1S/C24H33N5O/c1-16(2)15-29-19(5)23(18(4)27-29)11-12-24(30)26-17(3)21-7-9-22(10-8-21)28-14-13-25-20(28)6/h7-10,13-14,16-17H,11-12,15H2,1-6H3,(H,26,30). The molecule has 3 aromatic rings. The SMILES string of the molecule is Cc1nn(CC(C)C)c(C)c1CCC(=O)NC(C)c1ccc(-n2ccnc2C)cc1. The normalized spacial score (nSPS) is 12.4. The molecule has 0 bridgehead atoms. The summed E-state index contributed by atoms with van der Waals surface area (Å²) in [6.07, 6.45) is 4.92. The van der Waals surface area contributed by atoms with E-state index in [4.69, 9.17) is 0 Å². The quantitative estimate of drug-likeness (QED) is 0.600. The predicted octanol–water partition coefficient (Wildman–Crippen LogP) is 4.46. The highest BCUT2D eigenvalue weighted by Crippen LogP contribution is 2.19. The monoisotopic (exact) mass is 407 g/mol. The van der Waals surface area contributed by atoms with Gasteiger partial charge in [0.25, 0.3) is 0 Å². The molecule has 1 aromatic carbocycles. The molecule has 1 atom stereocenters. The largest absolute Gasteiger partial charge is 0.350 e. The molecule has 0 saturated carbocycles. The molecule has 0 aliphatic carbocycles. The summed E-state index contributed by atoms with van der Waals surface area (Å²) in [5.41, 5.74) is 5.55. The molecule has 6 heteroatoms. The second-order valence-corrected chi connectivity index (χ2v) is 8.45. The van der Waals surface area contributed by atoms with Gasteiger partial charge < -0.3 is 9.88 Å². The first kappa shape index (κ1) is 21.8. The van der Waals surface area contributed by atoms with Crippen molar-refractivity contribution in [2.24, 2.45) is 5.92 Å². The number of carbonyl (C=O) groups excluding carboxylic acids is 1. The molecule has 30 heavy (non-hydrogen) atoms. The van der Waals surface area contributed by atoms with Gasteiger partial charge in [0.15, 0.2) is 0 Å². The molecule has 0 aliphatic heterocycles. The summed E-state index contributed by atoms with van der Waals surface area (Å²) < 4.78 is 4.11. The highest BCUT2D eigenvalue weighted by atomic mass is 16.1. The third-order valence-electron chi connectivity index (χ3n) is 5.55. The average Bonchev–Trinajstić information content (AvgIpc) is 3.23. The van der Waals surface area contributed by atoms with Crippen LogP contribution < -0.4 is 5.32 Å². The summed E-state index contributed by atoms with van der Waals surface area (Å²) in [6.45, 7) is 13.4. The minimum absolute atomic E-state index is 0.0405. The number of hydrogen-bond donors (Lipinski definition) is 1. The third kappa shape index (κ3) is 4.99. The van der Waals surface area contributed by atoms with Crippen molar-refractivity contribution >= 4 is 5.91 Å². The van der Waals surface area contributed by atoms with Crippen LogP contribution in [0.5, 0.6) is 0 Å². The van der Waals surface area contributed by atoms with Crippen LogP contribution in [0.3, 0.4) is 0 Å². The van der Waals surface area contributed by atoms with Crippen molar-refractivity contribution in [1.82, 2.24) is 24.6 Å². The maximum atomic E-state index is 12.6. The van der Waals surface area contributed by atoms with E-state index in [1.165, 1.54) is 11.3 Å². The summed E-state index contributed by atoms with van der Waals surface area (Å²) in [4.78, 5) is 16.8. The summed E-state index contributed by atoms with van der Waals surface area (Å²) in [5, 5.41) is 7.78. The Hall–Kier alpha value is -2.89. The predicted molar refractivity (Wildman–Crippen MR) is 120 cm³/mol. The molecule has 0 radical (unpaired) electrons. The zero-order chi connectivity index (χ0) is 21.8. The van der Waals surface area contributed by atoms with Crippen molar-refractivity contribution in [2.75, 3.05) is 0 Å². The number of imidazole rings is 1. The Labute approximate surface area is 179 Å². The number of rotatable bonds is 8. The first-order valence-corrected chi connectivity index (χ1v) is 10.7. The van der Waals surface area contributed by atoms with Crippen molar-refractivity contribution in [1.29, 1.82) is 0 Å². The van der Waals surface area contributed by atoms with Crippen LogP contribution in [-0.4, -0.2) is 25.2 Å². The number of carbonyl (C=O) groups is 1. The van der Waals surface area contributed by atoms with Gasteiger partial charge in [-0.3, -0.25) is 9.48 Å². The van der Waals surface area contributed by atoms with Crippen LogP contribution in [0, 0.1) is 26.7 Å². The van der Waals surface area contributed by atoms with Crippen molar-refractivity contribution in [3.63, 3.8) is 0 Å². The lowest BCUT2D eigenvalue weighted by molar-refractivity contribution is -0.121. The number of hydrogen-bond acceptors (Lipinski definition) is 3. The summed E-state index contributed by atoms with van der Waals surface area (Å²) in [6, 6.07) is 8.19. The van der Waals surface area contributed by atoms with Gasteiger partial charge in [-0.15, -0.1) is 0 Å². The maximum Gasteiger partial charge on any atom is 0.220 e. The fourth-order valence-corrected chi connectivity index (χ4v) is 3.83. The van der Waals surface area contributed by atoms with Crippen molar-refractivity contribution in [3.05, 3.63) is 65.0 Å². The Bertz CT molecular complexity index is 997. The van der Waals surface area contributed by atoms with Gasteiger partial charge in [0.05, 0.1) is 11.7 Å². The molecule has 0 spiro atoms. The van der Waals surface area contributed by atoms with E-state index in [1.54, 1.807) is 6.20 Å². The van der Waals surface area contributed by atoms with Crippen molar-refractivity contribution in [2.45, 2.75) is 67.0 Å². The fourth-order valence-electron chi connectivity index (χ4n) is 3.83. The van der Waals surface area contributed by atoms with E-state index >= 15 is 0 Å². The number of aromatic nitrogens is 4. The lowest BCUT2D eigenvalue weighted by Gasteiger charge is -2.15. The molecule has 1 amide bonds. The van der Waals surface area contributed by atoms with Gasteiger partial charge in [-0.1, -0.05) is 26.0 Å². The third-order valence-corrected chi connectivity index (χ3v) is 5.55. The molecule has 0 saturated heterocycles. The summed E-state index contributed by atoms with van der Waals surface area (Å²) in [7, 11) is 0. The van der Waals surface area contributed by atoms with Gasteiger partial charge in [-0.25, -0.2) is 4.98 Å². The molecule has 160 valence electrons. The molecule has 1 N–H and O–H groups in total. The number of aryl methyl sites for hydroxylation is 2. The van der Waals surface area contributed by atoms with Crippen LogP contribution in [0.25, 0.3) is 5.69 Å². The zero-order valence-electron chi connectivity index (χ0n) is 18.9. The zero-order valence-corrected chi connectivity index (χ0v) is 18.9. The van der Waals surface area contributed by atoms with E-state index in [1.807, 2.05) is 31.5 Å². The van der Waals surface area contributed by atoms with Gasteiger partial charge in [0.2, 0.25) is 5.91 Å². The molecule has 1 unspecified atom stereocenters. The van der Waals surface area contributed by atoms with E-state index < -0.39 is 0 Å². The van der Waals surface area contributed by atoms with Crippen LogP contribution >= 0.6 is 0 Å². The minimum Gasteiger partial charge on any atom is -0.350 e. The molecule has 3 rings (SSSR count). The molecule has 2 aromatic heterocycles. The van der Waals surface area contributed by atoms with Crippen molar-refractivity contribution < 1.29 is 4.79 Å². The van der Waals surface area contributed by atoms with E-state index in [0.29, 0.717) is 18.8 Å². The number of benzene rings is 1. The number of amides is 1. The fraction of sp³-hybridized carbons (Fsp3) is 0.458. The van der Waals surface area contributed by atoms with Gasteiger partial charge in [-0.05, 0) is 63.3 Å². The Morgan fingerprint density at radius 1 is 1.10 bits per heavy atom.